The fourth-order valence-electron chi connectivity index (χ4n) is 3.13. The maximum Gasteiger partial charge on any atom is 0.242 e. The first kappa shape index (κ1) is 23.4. The van der Waals surface area contributed by atoms with Crippen LogP contribution in [0.3, 0.4) is 0 Å². The number of benzene rings is 1. The van der Waals surface area contributed by atoms with Crippen molar-refractivity contribution in [1.29, 1.82) is 0 Å². The zero-order valence-electron chi connectivity index (χ0n) is 18.3. The number of hydrogen-bond donors (Lipinski definition) is 1. The number of nitrogens with one attached hydrogen (secondary N) is 1. The molecule has 154 valence electrons. The molecular formula is C22H37F2N3. The minimum Gasteiger partial charge on any atom is -0.388 e. The van der Waals surface area contributed by atoms with Gasteiger partial charge in [0.1, 0.15) is 5.82 Å². The van der Waals surface area contributed by atoms with Crippen LogP contribution in [0.1, 0.15) is 73.6 Å². The van der Waals surface area contributed by atoms with Crippen LogP contribution in [0.2, 0.25) is 0 Å². The van der Waals surface area contributed by atoms with Gasteiger partial charge in [-0.2, -0.15) is 0 Å². The SMILES string of the molecule is CC(C)(F)F.CCCC(CC)Cn1c(C(C)(C)C)nc2cc(NC)ccc21. The van der Waals surface area contributed by atoms with Crippen LogP contribution in [0.5, 0.6) is 0 Å². The van der Waals surface area contributed by atoms with E-state index >= 15 is 0 Å². The molecule has 1 aromatic carbocycles. The summed E-state index contributed by atoms with van der Waals surface area (Å²) in [5.41, 5.74) is 3.54. The first-order valence-corrected chi connectivity index (χ1v) is 9.97. The van der Waals surface area contributed by atoms with Gasteiger partial charge in [0.05, 0.1) is 11.0 Å². The van der Waals surface area contributed by atoms with Crippen molar-refractivity contribution in [2.75, 3.05) is 12.4 Å². The van der Waals surface area contributed by atoms with Gasteiger partial charge < -0.3 is 9.88 Å². The number of rotatable bonds is 6. The van der Waals surface area contributed by atoms with E-state index < -0.39 is 5.92 Å². The number of nitrogens with zero attached hydrogens (tertiary/aromatic N) is 2. The van der Waals surface area contributed by atoms with E-state index in [1.807, 2.05) is 7.05 Å². The molecule has 0 aliphatic carbocycles. The molecule has 0 radical (unpaired) electrons. The third-order valence-corrected chi connectivity index (χ3v) is 4.42. The van der Waals surface area contributed by atoms with Gasteiger partial charge in [-0.15, -0.1) is 0 Å². The van der Waals surface area contributed by atoms with Crippen LogP contribution in [0, 0.1) is 5.92 Å². The maximum atomic E-state index is 11.0. The molecule has 27 heavy (non-hydrogen) atoms. The molecule has 0 aliphatic heterocycles. The Morgan fingerprint density at radius 1 is 1.11 bits per heavy atom. The van der Waals surface area contributed by atoms with E-state index in [1.54, 1.807) is 0 Å². The second kappa shape index (κ2) is 9.52. The number of alkyl halides is 2. The van der Waals surface area contributed by atoms with Crippen molar-refractivity contribution in [2.24, 2.45) is 5.92 Å². The fraction of sp³-hybridized carbons (Fsp3) is 0.682. The molecule has 0 bridgehead atoms. The van der Waals surface area contributed by atoms with Crippen LogP contribution in [0.4, 0.5) is 14.5 Å². The standard InChI is InChI=1S/C19H31N3.C3H6F2/c1-7-9-14(8-2)13-22-17-11-10-15(20-6)12-16(17)21-18(22)19(3,4)5;1-3(2,4)5/h10-12,14,20H,7-9,13H2,1-6H3;1-2H3. The summed E-state index contributed by atoms with van der Waals surface area (Å²) in [6, 6.07) is 6.51. The molecule has 2 aromatic rings. The number of aromatic nitrogens is 2. The van der Waals surface area contributed by atoms with Crippen molar-refractivity contribution in [2.45, 2.75) is 85.6 Å². The van der Waals surface area contributed by atoms with E-state index in [9.17, 15) is 8.78 Å². The van der Waals surface area contributed by atoms with Gasteiger partial charge in [-0.25, -0.2) is 13.8 Å². The van der Waals surface area contributed by atoms with Gasteiger partial charge in [-0.3, -0.25) is 0 Å². The average molecular weight is 382 g/mol. The summed E-state index contributed by atoms with van der Waals surface area (Å²) in [5, 5.41) is 3.21. The molecule has 1 unspecified atom stereocenters. The summed E-state index contributed by atoms with van der Waals surface area (Å²) in [6.45, 7) is 14.1. The third-order valence-electron chi connectivity index (χ3n) is 4.42. The predicted octanol–water partition coefficient (Wildman–Crippen LogP) is 6.86. The van der Waals surface area contributed by atoms with E-state index in [4.69, 9.17) is 4.98 Å². The number of fused-ring (bicyclic) bond motifs is 1. The minimum absolute atomic E-state index is 0.0589. The Labute approximate surface area is 163 Å². The second-order valence-corrected chi connectivity index (χ2v) is 8.64. The minimum atomic E-state index is -2.50. The van der Waals surface area contributed by atoms with Crippen molar-refractivity contribution >= 4 is 16.7 Å². The molecule has 0 spiro atoms. The van der Waals surface area contributed by atoms with Gasteiger partial charge in [-0.05, 0) is 44.4 Å². The highest BCUT2D eigenvalue weighted by atomic mass is 19.3. The number of anilines is 1. The molecule has 0 fully saturated rings. The lowest BCUT2D eigenvalue weighted by Gasteiger charge is -2.23. The van der Waals surface area contributed by atoms with Crippen molar-refractivity contribution in [3.05, 3.63) is 24.0 Å². The molecule has 1 heterocycles. The number of imidazole rings is 1. The molecule has 0 amide bonds. The Hall–Kier alpha value is -1.65. The quantitative estimate of drug-likeness (QED) is 0.592. The highest BCUT2D eigenvalue weighted by Gasteiger charge is 2.24. The van der Waals surface area contributed by atoms with E-state index in [-0.39, 0.29) is 5.41 Å². The van der Waals surface area contributed by atoms with Gasteiger partial charge in [-0.1, -0.05) is 47.5 Å². The number of halogens is 2. The van der Waals surface area contributed by atoms with Gasteiger partial charge in [0.15, 0.2) is 0 Å². The lowest BCUT2D eigenvalue weighted by molar-refractivity contribution is 0.0437. The smallest absolute Gasteiger partial charge is 0.242 e. The van der Waals surface area contributed by atoms with Crippen molar-refractivity contribution < 1.29 is 8.78 Å². The molecular weight excluding hydrogens is 344 g/mol. The normalized spacial score (nSPS) is 13.3. The van der Waals surface area contributed by atoms with Crippen LogP contribution >= 0.6 is 0 Å². The highest BCUT2D eigenvalue weighted by Crippen LogP contribution is 2.29. The zero-order chi connectivity index (χ0) is 20.8. The molecule has 1 aromatic heterocycles. The topological polar surface area (TPSA) is 29.9 Å². The molecule has 1 atom stereocenters. The van der Waals surface area contributed by atoms with Crippen LogP contribution < -0.4 is 5.32 Å². The monoisotopic (exact) mass is 381 g/mol. The molecule has 1 N–H and O–H groups in total. The fourth-order valence-corrected chi connectivity index (χ4v) is 3.13. The summed E-state index contributed by atoms with van der Waals surface area (Å²) < 4.78 is 24.5. The van der Waals surface area contributed by atoms with Crippen LogP contribution in [-0.2, 0) is 12.0 Å². The summed E-state index contributed by atoms with van der Waals surface area (Å²) in [7, 11) is 1.96. The average Bonchev–Trinajstić information content (AvgIpc) is 2.90. The summed E-state index contributed by atoms with van der Waals surface area (Å²) in [6.07, 6.45) is 3.76. The van der Waals surface area contributed by atoms with E-state index in [1.165, 1.54) is 30.6 Å². The Morgan fingerprint density at radius 3 is 2.15 bits per heavy atom. The second-order valence-electron chi connectivity index (χ2n) is 8.64. The molecule has 2 rings (SSSR count). The molecule has 3 nitrogen and oxygen atoms in total. The lowest BCUT2D eigenvalue weighted by atomic mass is 9.94. The highest BCUT2D eigenvalue weighted by molar-refractivity contribution is 5.80. The summed E-state index contributed by atoms with van der Waals surface area (Å²) in [4.78, 5) is 4.96. The largest absolute Gasteiger partial charge is 0.388 e. The van der Waals surface area contributed by atoms with Gasteiger partial charge in [0.2, 0.25) is 5.92 Å². The van der Waals surface area contributed by atoms with Crippen LogP contribution in [0.25, 0.3) is 11.0 Å². The zero-order valence-corrected chi connectivity index (χ0v) is 18.3. The van der Waals surface area contributed by atoms with Crippen molar-refractivity contribution in [3.8, 4) is 0 Å². The van der Waals surface area contributed by atoms with Crippen LogP contribution in [-0.4, -0.2) is 22.5 Å². The van der Waals surface area contributed by atoms with Gasteiger partial charge >= 0.3 is 0 Å². The van der Waals surface area contributed by atoms with E-state index in [0.29, 0.717) is 0 Å². The summed E-state index contributed by atoms with van der Waals surface area (Å²) in [5.74, 6) is -0.571. The Kier molecular flexibility index (Phi) is 8.24. The third kappa shape index (κ3) is 7.47. The van der Waals surface area contributed by atoms with Gasteiger partial charge in [0.25, 0.3) is 0 Å². The van der Waals surface area contributed by atoms with Crippen molar-refractivity contribution in [1.82, 2.24) is 9.55 Å². The molecule has 0 saturated heterocycles. The first-order chi connectivity index (χ1) is 12.4. The first-order valence-electron chi connectivity index (χ1n) is 9.97. The molecule has 0 saturated carbocycles. The maximum absolute atomic E-state index is 11.0. The predicted molar refractivity (Wildman–Crippen MR) is 113 cm³/mol. The molecule has 5 heteroatoms. The number of hydrogen-bond acceptors (Lipinski definition) is 2. The Bertz CT molecular complexity index is 703. The van der Waals surface area contributed by atoms with Crippen molar-refractivity contribution in [3.63, 3.8) is 0 Å². The molecule has 0 aliphatic rings. The Morgan fingerprint density at radius 2 is 1.70 bits per heavy atom. The van der Waals surface area contributed by atoms with E-state index in [0.717, 1.165) is 37.5 Å². The summed E-state index contributed by atoms with van der Waals surface area (Å²) >= 11 is 0. The van der Waals surface area contributed by atoms with E-state index in [2.05, 4.69) is 62.7 Å². The Balaban J connectivity index is 0.000000646. The van der Waals surface area contributed by atoms with Crippen LogP contribution in [0.15, 0.2) is 18.2 Å². The van der Waals surface area contributed by atoms with Gasteiger partial charge in [0, 0.05) is 24.7 Å². The lowest BCUT2D eigenvalue weighted by Crippen LogP contribution is -2.21.